The molecule has 1 heterocycles. The molecule has 0 saturated heterocycles. The molecule has 0 aromatic carbocycles. The van der Waals surface area contributed by atoms with Crippen LogP contribution in [-0.4, -0.2) is 22.8 Å². The maximum absolute atomic E-state index is 11.6. The molecule has 0 N–H and O–H groups in total. The minimum atomic E-state index is -0.316. The summed E-state index contributed by atoms with van der Waals surface area (Å²) in [6, 6.07) is 5.34. The lowest BCUT2D eigenvalue weighted by Crippen LogP contribution is -2.17. The topological polar surface area (TPSA) is 63.0 Å². The highest BCUT2D eigenvalue weighted by molar-refractivity contribution is 8.00. The molecule has 0 radical (unpaired) electrons. The molecule has 0 aliphatic carbocycles. The van der Waals surface area contributed by atoms with Gasteiger partial charge in [0.25, 0.3) is 0 Å². The highest BCUT2D eigenvalue weighted by Gasteiger charge is 2.16. The zero-order valence-corrected chi connectivity index (χ0v) is 11.4. The molecule has 96 valence electrons. The molecule has 0 unspecified atom stereocenters. The second kappa shape index (κ2) is 7.72. The number of hydrogen-bond acceptors (Lipinski definition) is 5. The summed E-state index contributed by atoms with van der Waals surface area (Å²) in [5.41, 5.74) is 0.541. The van der Waals surface area contributed by atoms with Gasteiger partial charge < -0.3 is 4.74 Å². The molecular weight excluding hydrogens is 248 g/mol. The molecule has 1 aromatic rings. The second-order valence-electron chi connectivity index (χ2n) is 3.78. The number of thioether (sulfide) groups is 1. The summed E-state index contributed by atoms with van der Waals surface area (Å²) < 4.78 is 5.12. The Hall–Kier alpha value is -1.54. The van der Waals surface area contributed by atoms with Gasteiger partial charge in [-0.15, -0.1) is 0 Å². The number of aromatic nitrogens is 1. The summed E-state index contributed by atoms with van der Waals surface area (Å²) in [7, 11) is 0. The lowest BCUT2D eigenvalue weighted by molar-refractivity contribution is -0.142. The molecule has 0 amide bonds. The molecule has 0 saturated carbocycles. The van der Waals surface area contributed by atoms with Gasteiger partial charge in [-0.3, -0.25) is 4.79 Å². The van der Waals surface area contributed by atoms with Crippen molar-refractivity contribution in [1.82, 2.24) is 4.98 Å². The Morgan fingerprint density at radius 3 is 3.11 bits per heavy atom. The van der Waals surface area contributed by atoms with Gasteiger partial charge in [0.2, 0.25) is 0 Å². The first-order valence-corrected chi connectivity index (χ1v) is 6.74. The fourth-order valence-electron chi connectivity index (χ4n) is 1.21. The van der Waals surface area contributed by atoms with E-state index < -0.39 is 0 Å². The van der Waals surface area contributed by atoms with E-state index in [4.69, 9.17) is 10.00 Å². The zero-order chi connectivity index (χ0) is 13.4. The van der Waals surface area contributed by atoms with Crippen molar-refractivity contribution in [2.24, 2.45) is 0 Å². The molecule has 1 atom stereocenters. The smallest absolute Gasteiger partial charge is 0.319 e. The van der Waals surface area contributed by atoms with Crippen LogP contribution in [0.4, 0.5) is 0 Å². The van der Waals surface area contributed by atoms with Gasteiger partial charge in [0.15, 0.2) is 0 Å². The van der Waals surface area contributed by atoms with E-state index in [0.717, 1.165) is 12.8 Å². The second-order valence-corrected chi connectivity index (χ2v) is 5.14. The first-order chi connectivity index (χ1) is 8.67. The van der Waals surface area contributed by atoms with Gasteiger partial charge in [-0.25, -0.2) is 4.98 Å². The summed E-state index contributed by atoms with van der Waals surface area (Å²) in [4.78, 5) is 15.8. The number of rotatable bonds is 6. The van der Waals surface area contributed by atoms with Crippen LogP contribution in [-0.2, 0) is 9.53 Å². The minimum absolute atomic E-state index is 0.238. The number of nitrogens with zero attached hydrogens (tertiary/aromatic N) is 2. The van der Waals surface area contributed by atoms with Crippen molar-refractivity contribution in [3.05, 3.63) is 23.9 Å². The third-order valence-corrected chi connectivity index (χ3v) is 3.25. The molecule has 0 aliphatic heterocycles. The third kappa shape index (κ3) is 4.76. The Balaban J connectivity index is 2.50. The van der Waals surface area contributed by atoms with Crippen LogP contribution in [0.1, 0.15) is 32.3 Å². The summed E-state index contributed by atoms with van der Waals surface area (Å²) in [5.74, 6) is -0.238. The van der Waals surface area contributed by atoms with Crippen LogP contribution >= 0.6 is 11.8 Å². The number of unbranched alkanes of at least 4 members (excludes halogenated alkanes) is 1. The van der Waals surface area contributed by atoms with E-state index in [1.54, 1.807) is 25.3 Å². The number of nitriles is 1. The van der Waals surface area contributed by atoms with Crippen molar-refractivity contribution in [2.45, 2.75) is 37.0 Å². The summed E-state index contributed by atoms with van der Waals surface area (Å²) >= 11 is 1.30. The van der Waals surface area contributed by atoms with Crippen LogP contribution in [0.2, 0.25) is 0 Å². The zero-order valence-electron chi connectivity index (χ0n) is 10.5. The Kier molecular flexibility index (Phi) is 6.23. The maximum atomic E-state index is 11.6. The molecule has 5 heteroatoms. The molecule has 0 aliphatic rings. The Labute approximate surface area is 111 Å². The largest absolute Gasteiger partial charge is 0.465 e. The molecule has 4 nitrogen and oxygen atoms in total. The average molecular weight is 264 g/mol. The highest BCUT2D eigenvalue weighted by Crippen LogP contribution is 2.22. The van der Waals surface area contributed by atoms with Gasteiger partial charge in [-0.05, 0) is 25.5 Å². The van der Waals surface area contributed by atoms with E-state index in [0.29, 0.717) is 17.2 Å². The van der Waals surface area contributed by atoms with Crippen LogP contribution in [0.15, 0.2) is 23.4 Å². The Morgan fingerprint density at radius 1 is 1.67 bits per heavy atom. The van der Waals surface area contributed by atoms with Gasteiger partial charge in [-0.1, -0.05) is 25.1 Å². The number of carbonyl (C=O) groups is 1. The Bertz CT molecular complexity index is 443. The molecule has 1 rings (SSSR count). The van der Waals surface area contributed by atoms with E-state index in [1.165, 1.54) is 11.8 Å². The van der Waals surface area contributed by atoms with E-state index in [9.17, 15) is 4.79 Å². The van der Waals surface area contributed by atoms with Crippen molar-refractivity contribution >= 4 is 17.7 Å². The quantitative estimate of drug-likeness (QED) is 0.449. The van der Waals surface area contributed by atoms with Crippen LogP contribution in [0.3, 0.4) is 0 Å². The van der Waals surface area contributed by atoms with Crippen molar-refractivity contribution in [3.63, 3.8) is 0 Å². The van der Waals surface area contributed by atoms with Crippen LogP contribution in [0.25, 0.3) is 0 Å². The van der Waals surface area contributed by atoms with Crippen molar-refractivity contribution in [1.29, 1.82) is 5.26 Å². The minimum Gasteiger partial charge on any atom is -0.465 e. The standard InChI is InChI=1S/C13H16N2O2S/c1-3-4-7-17-13(16)10(2)18-12-8-11(9-14)5-6-15-12/h5-6,8,10H,3-4,7H2,1-2H3/t10-/m1/s1. The fourth-order valence-corrected chi connectivity index (χ4v) is 2.05. The predicted molar refractivity (Wildman–Crippen MR) is 70.1 cm³/mol. The molecule has 0 fully saturated rings. The highest BCUT2D eigenvalue weighted by atomic mass is 32.2. The number of ether oxygens (including phenoxy) is 1. The lowest BCUT2D eigenvalue weighted by Gasteiger charge is -2.10. The summed E-state index contributed by atoms with van der Waals surface area (Å²) in [6.07, 6.45) is 3.45. The van der Waals surface area contributed by atoms with Crippen molar-refractivity contribution in [3.8, 4) is 6.07 Å². The van der Waals surface area contributed by atoms with Gasteiger partial charge >= 0.3 is 5.97 Å². The van der Waals surface area contributed by atoms with Gasteiger partial charge in [0.05, 0.1) is 23.3 Å². The summed E-state index contributed by atoms with van der Waals surface area (Å²) in [6.45, 7) is 4.29. The van der Waals surface area contributed by atoms with E-state index >= 15 is 0 Å². The van der Waals surface area contributed by atoms with E-state index in [-0.39, 0.29) is 11.2 Å². The van der Waals surface area contributed by atoms with E-state index in [2.05, 4.69) is 4.98 Å². The molecule has 1 aromatic heterocycles. The SMILES string of the molecule is CCCCOC(=O)[C@@H](C)Sc1cc(C#N)ccn1. The van der Waals surface area contributed by atoms with Gasteiger partial charge in [-0.2, -0.15) is 5.26 Å². The average Bonchev–Trinajstić information content (AvgIpc) is 2.39. The normalized spacial score (nSPS) is 11.6. The Morgan fingerprint density at radius 2 is 2.44 bits per heavy atom. The van der Waals surface area contributed by atoms with Crippen LogP contribution in [0, 0.1) is 11.3 Å². The van der Waals surface area contributed by atoms with Crippen LogP contribution in [0.5, 0.6) is 0 Å². The molecular formula is C13H16N2O2S. The fraction of sp³-hybridized carbons (Fsp3) is 0.462. The molecule has 0 bridgehead atoms. The first kappa shape index (κ1) is 14.5. The van der Waals surface area contributed by atoms with Gasteiger partial charge in [0.1, 0.15) is 5.25 Å². The number of carbonyl (C=O) groups excluding carboxylic acids is 1. The number of pyridine rings is 1. The van der Waals surface area contributed by atoms with E-state index in [1.807, 2.05) is 13.0 Å². The predicted octanol–water partition coefficient (Wildman–Crippen LogP) is 2.78. The monoisotopic (exact) mass is 264 g/mol. The molecule has 0 spiro atoms. The number of esters is 1. The number of hydrogen-bond donors (Lipinski definition) is 0. The molecule has 18 heavy (non-hydrogen) atoms. The maximum Gasteiger partial charge on any atom is 0.319 e. The lowest BCUT2D eigenvalue weighted by atomic mass is 10.3. The first-order valence-electron chi connectivity index (χ1n) is 5.86. The van der Waals surface area contributed by atoms with Gasteiger partial charge in [0, 0.05) is 6.20 Å². The van der Waals surface area contributed by atoms with Crippen molar-refractivity contribution in [2.75, 3.05) is 6.61 Å². The van der Waals surface area contributed by atoms with Crippen LogP contribution < -0.4 is 0 Å². The third-order valence-electron chi connectivity index (χ3n) is 2.24. The van der Waals surface area contributed by atoms with Crippen molar-refractivity contribution < 1.29 is 9.53 Å². The summed E-state index contributed by atoms with van der Waals surface area (Å²) in [5, 5.41) is 9.11.